The van der Waals surface area contributed by atoms with Crippen LogP contribution in [0.2, 0.25) is 0 Å². The van der Waals surface area contributed by atoms with Crippen LogP contribution in [0.1, 0.15) is 45.7 Å². The van der Waals surface area contributed by atoms with Crippen LogP contribution in [0.3, 0.4) is 0 Å². The molecule has 0 spiro atoms. The minimum absolute atomic E-state index is 0.0817. The van der Waals surface area contributed by atoms with Gasteiger partial charge in [0.1, 0.15) is 11.4 Å². The molecule has 0 saturated carbocycles. The Bertz CT molecular complexity index is 301. The average Bonchev–Trinajstić information content (AvgIpc) is 2.18. The van der Waals surface area contributed by atoms with E-state index in [1.165, 1.54) is 0 Å². The topological polar surface area (TPSA) is 35.2 Å². The van der Waals surface area contributed by atoms with Crippen molar-refractivity contribution < 1.29 is 4.74 Å². The maximum Gasteiger partial charge on any atom is 0.120 e. The van der Waals surface area contributed by atoms with Crippen LogP contribution in [0.4, 0.5) is 0 Å². The van der Waals surface area contributed by atoms with Crippen LogP contribution in [0.25, 0.3) is 0 Å². The summed E-state index contributed by atoms with van der Waals surface area (Å²) in [6, 6.07) is 8.09. The normalized spacial score (nSPS) is 13.7. The second-order valence-corrected chi connectivity index (χ2v) is 4.57. The molecule has 1 aromatic carbocycles. The number of hydrogen-bond acceptors (Lipinski definition) is 2. The van der Waals surface area contributed by atoms with Gasteiger partial charge in [-0.05, 0) is 44.9 Å². The molecular weight excluding hydrogens is 186 g/mol. The quantitative estimate of drug-likeness (QED) is 0.822. The fourth-order valence-corrected chi connectivity index (χ4v) is 1.23. The lowest BCUT2D eigenvalue weighted by atomic mass is 10.1. The smallest absolute Gasteiger partial charge is 0.120 e. The van der Waals surface area contributed by atoms with Crippen LogP contribution in [0.5, 0.6) is 5.75 Å². The van der Waals surface area contributed by atoms with Gasteiger partial charge in [-0.25, -0.2) is 0 Å². The largest absolute Gasteiger partial charge is 0.488 e. The molecule has 0 unspecified atom stereocenters. The fraction of sp³-hybridized carbons (Fsp3) is 0.538. The molecule has 1 rings (SSSR count). The van der Waals surface area contributed by atoms with E-state index in [4.69, 9.17) is 10.5 Å². The molecule has 2 heteroatoms. The van der Waals surface area contributed by atoms with E-state index >= 15 is 0 Å². The van der Waals surface area contributed by atoms with E-state index in [2.05, 4.69) is 20.8 Å². The molecule has 1 aromatic rings. The lowest BCUT2D eigenvalue weighted by molar-refractivity contribution is 0.105. The Balaban J connectivity index is 2.73. The fourth-order valence-electron chi connectivity index (χ4n) is 1.23. The molecule has 0 radical (unpaired) electrons. The highest BCUT2D eigenvalue weighted by atomic mass is 16.5. The molecule has 15 heavy (non-hydrogen) atoms. The van der Waals surface area contributed by atoms with Crippen molar-refractivity contribution in [3.63, 3.8) is 0 Å². The maximum absolute atomic E-state index is 5.84. The highest BCUT2D eigenvalue weighted by Crippen LogP contribution is 2.22. The number of nitrogens with two attached hydrogens (primary N) is 1. The van der Waals surface area contributed by atoms with Crippen LogP contribution in [0.15, 0.2) is 24.3 Å². The van der Waals surface area contributed by atoms with Crippen molar-refractivity contribution in [1.82, 2.24) is 0 Å². The maximum atomic E-state index is 5.84. The van der Waals surface area contributed by atoms with Crippen LogP contribution in [0, 0.1) is 0 Å². The molecule has 0 aliphatic rings. The second-order valence-electron chi connectivity index (χ2n) is 4.57. The third-order valence-corrected chi connectivity index (χ3v) is 2.65. The van der Waals surface area contributed by atoms with Gasteiger partial charge in [-0.3, -0.25) is 0 Å². The van der Waals surface area contributed by atoms with Crippen LogP contribution in [-0.2, 0) is 0 Å². The van der Waals surface area contributed by atoms with E-state index in [9.17, 15) is 0 Å². The highest BCUT2D eigenvalue weighted by molar-refractivity contribution is 5.29. The minimum atomic E-state index is -0.101. The Morgan fingerprint density at radius 3 is 2.20 bits per heavy atom. The SMILES string of the molecule is CCC(C)(C)Oc1ccc([C@H](C)N)cc1. The summed E-state index contributed by atoms with van der Waals surface area (Å²) in [5, 5.41) is 0. The Kier molecular flexibility index (Phi) is 3.75. The first-order valence-electron chi connectivity index (χ1n) is 5.49. The molecule has 84 valence electrons. The Labute approximate surface area is 92.4 Å². The van der Waals surface area contributed by atoms with Gasteiger partial charge in [-0.1, -0.05) is 19.1 Å². The van der Waals surface area contributed by atoms with E-state index in [1.54, 1.807) is 0 Å². The summed E-state index contributed by atoms with van der Waals surface area (Å²) in [5.41, 5.74) is 6.81. The van der Waals surface area contributed by atoms with Gasteiger partial charge in [0.05, 0.1) is 0 Å². The van der Waals surface area contributed by atoms with Crippen molar-refractivity contribution in [2.75, 3.05) is 0 Å². The molecule has 0 bridgehead atoms. The first kappa shape index (κ1) is 12.1. The average molecular weight is 207 g/mol. The summed E-state index contributed by atoms with van der Waals surface area (Å²) in [5.74, 6) is 0.909. The van der Waals surface area contributed by atoms with Gasteiger partial charge in [0.25, 0.3) is 0 Å². The molecule has 0 aliphatic carbocycles. The second kappa shape index (κ2) is 4.67. The van der Waals surface area contributed by atoms with Crippen molar-refractivity contribution in [3.05, 3.63) is 29.8 Å². The third kappa shape index (κ3) is 3.56. The molecule has 0 saturated heterocycles. The van der Waals surface area contributed by atoms with Crippen LogP contribution >= 0.6 is 0 Å². The summed E-state index contributed by atoms with van der Waals surface area (Å²) >= 11 is 0. The molecule has 0 aliphatic heterocycles. The molecular formula is C13H21NO. The summed E-state index contributed by atoms with van der Waals surface area (Å²) < 4.78 is 5.84. The van der Waals surface area contributed by atoms with E-state index < -0.39 is 0 Å². The summed E-state index contributed by atoms with van der Waals surface area (Å²) in [7, 11) is 0. The molecule has 0 heterocycles. The summed E-state index contributed by atoms with van der Waals surface area (Å²) in [4.78, 5) is 0. The monoisotopic (exact) mass is 207 g/mol. The first-order chi connectivity index (χ1) is 6.94. The van der Waals surface area contributed by atoms with Crippen molar-refractivity contribution >= 4 is 0 Å². The lowest BCUT2D eigenvalue weighted by Crippen LogP contribution is -2.26. The van der Waals surface area contributed by atoms with Crippen molar-refractivity contribution in [2.45, 2.75) is 45.8 Å². The Hall–Kier alpha value is -1.02. The predicted octanol–water partition coefficient (Wildman–Crippen LogP) is 3.27. The van der Waals surface area contributed by atoms with E-state index in [1.807, 2.05) is 31.2 Å². The van der Waals surface area contributed by atoms with Gasteiger partial charge in [0.15, 0.2) is 0 Å². The molecule has 0 amide bonds. The van der Waals surface area contributed by atoms with Crippen molar-refractivity contribution in [1.29, 1.82) is 0 Å². The van der Waals surface area contributed by atoms with E-state index in [0.717, 1.165) is 17.7 Å². The van der Waals surface area contributed by atoms with Gasteiger partial charge >= 0.3 is 0 Å². The van der Waals surface area contributed by atoms with Gasteiger partial charge < -0.3 is 10.5 Å². The van der Waals surface area contributed by atoms with Gasteiger partial charge in [-0.15, -0.1) is 0 Å². The minimum Gasteiger partial charge on any atom is -0.488 e. The standard InChI is InChI=1S/C13H21NO/c1-5-13(3,4)15-12-8-6-11(7-9-12)10(2)14/h6-10H,5,14H2,1-4H3/t10-/m0/s1. The van der Waals surface area contributed by atoms with Crippen LogP contribution < -0.4 is 10.5 Å². The third-order valence-electron chi connectivity index (χ3n) is 2.65. The lowest BCUT2D eigenvalue weighted by Gasteiger charge is -2.25. The zero-order valence-corrected chi connectivity index (χ0v) is 10.1. The van der Waals surface area contributed by atoms with Gasteiger partial charge in [0.2, 0.25) is 0 Å². The first-order valence-corrected chi connectivity index (χ1v) is 5.49. The Morgan fingerprint density at radius 1 is 1.27 bits per heavy atom. The van der Waals surface area contributed by atoms with Gasteiger partial charge in [-0.2, -0.15) is 0 Å². The summed E-state index contributed by atoms with van der Waals surface area (Å²) in [6.45, 7) is 8.28. The molecule has 2 nitrogen and oxygen atoms in total. The Morgan fingerprint density at radius 2 is 1.80 bits per heavy atom. The molecule has 0 fully saturated rings. The number of ether oxygens (including phenoxy) is 1. The van der Waals surface area contributed by atoms with Crippen molar-refractivity contribution in [3.8, 4) is 5.75 Å². The van der Waals surface area contributed by atoms with E-state index in [0.29, 0.717) is 0 Å². The number of benzene rings is 1. The zero-order valence-electron chi connectivity index (χ0n) is 10.1. The summed E-state index contributed by atoms with van der Waals surface area (Å²) in [6.07, 6.45) is 0.988. The molecule has 1 atom stereocenters. The number of rotatable bonds is 4. The van der Waals surface area contributed by atoms with Crippen molar-refractivity contribution in [2.24, 2.45) is 5.73 Å². The van der Waals surface area contributed by atoms with E-state index in [-0.39, 0.29) is 11.6 Å². The predicted molar refractivity (Wildman–Crippen MR) is 64.0 cm³/mol. The zero-order chi connectivity index (χ0) is 11.5. The van der Waals surface area contributed by atoms with Gasteiger partial charge in [0, 0.05) is 6.04 Å². The van der Waals surface area contributed by atoms with Crippen LogP contribution in [-0.4, -0.2) is 5.60 Å². The molecule has 0 aromatic heterocycles. The molecule has 2 N–H and O–H groups in total. The number of hydrogen-bond donors (Lipinski definition) is 1. The highest BCUT2D eigenvalue weighted by Gasteiger charge is 2.16.